The third-order valence-electron chi connectivity index (χ3n) is 2.72. The van der Waals surface area contributed by atoms with Gasteiger partial charge in [-0.3, -0.25) is 4.79 Å². The van der Waals surface area contributed by atoms with Gasteiger partial charge < -0.3 is 16.2 Å². The van der Waals surface area contributed by atoms with Crippen LogP contribution in [-0.2, 0) is 0 Å². The van der Waals surface area contributed by atoms with E-state index in [9.17, 15) is 18.4 Å². The lowest BCUT2D eigenvalue weighted by Crippen LogP contribution is -2.13. The second-order valence-corrected chi connectivity index (χ2v) is 4.93. The lowest BCUT2D eigenvalue weighted by molar-refractivity contribution is 0.0697. The van der Waals surface area contributed by atoms with E-state index in [0.717, 1.165) is 0 Å². The maximum absolute atomic E-state index is 11.9. The van der Waals surface area contributed by atoms with Gasteiger partial charge in [0.15, 0.2) is 0 Å². The van der Waals surface area contributed by atoms with E-state index in [1.165, 1.54) is 18.2 Å². The molecule has 0 saturated carbocycles. The van der Waals surface area contributed by atoms with Crippen molar-refractivity contribution in [3.05, 3.63) is 64.7 Å². The van der Waals surface area contributed by atoms with Crippen molar-refractivity contribution in [3.63, 3.8) is 0 Å². The number of carboxylic acids is 1. The van der Waals surface area contributed by atoms with E-state index in [4.69, 9.17) is 22.4 Å². The lowest BCUT2D eigenvalue weighted by atomic mass is 10.2. The molecule has 0 aliphatic rings. The summed E-state index contributed by atoms with van der Waals surface area (Å²) < 4.78 is 23.8. The Hall–Kier alpha value is -2.67. The van der Waals surface area contributed by atoms with E-state index in [1.807, 2.05) is 6.07 Å². The van der Waals surface area contributed by atoms with Crippen LogP contribution in [0.3, 0.4) is 0 Å². The molecule has 4 N–H and O–H groups in total. The predicted octanol–water partition coefficient (Wildman–Crippen LogP) is 3.50. The molecule has 0 bridgehead atoms. The first-order valence-corrected chi connectivity index (χ1v) is 7.08. The zero-order chi connectivity index (χ0) is 18.1. The minimum atomic E-state index is -2.54. The zero-order valence-electron chi connectivity index (χ0n) is 12.4. The number of carboxylic acid groups (broad SMARTS) is 1. The van der Waals surface area contributed by atoms with Crippen LogP contribution in [0.15, 0.2) is 48.5 Å². The summed E-state index contributed by atoms with van der Waals surface area (Å²) in [6.07, 6.45) is -2.54. The molecule has 0 aliphatic carbocycles. The molecule has 0 radical (unpaired) electrons. The third kappa shape index (κ3) is 6.62. The van der Waals surface area contributed by atoms with Crippen molar-refractivity contribution < 1.29 is 23.5 Å². The van der Waals surface area contributed by atoms with E-state index in [1.54, 1.807) is 24.3 Å². The summed E-state index contributed by atoms with van der Waals surface area (Å²) in [7, 11) is 0. The summed E-state index contributed by atoms with van der Waals surface area (Å²) >= 11 is 5.58. The van der Waals surface area contributed by atoms with Gasteiger partial charge in [-0.15, -0.1) is 0 Å². The molecule has 2 aromatic carbocycles. The quantitative estimate of drug-likeness (QED) is 0.764. The molecule has 0 aliphatic heterocycles. The Bertz CT molecular complexity index is 697. The molecule has 0 atom stereocenters. The van der Waals surface area contributed by atoms with E-state index in [2.05, 4.69) is 5.32 Å². The second-order valence-electron chi connectivity index (χ2n) is 4.50. The number of carbonyl (C=O) groups is 2. The number of nitrogens with two attached hydrogens (primary N) is 1. The summed E-state index contributed by atoms with van der Waals surface area (Å²) in [4.78, 5) is 21.2. The molecule has 5 nitrogen and oxygen atoms in total. The van der Waals surface area contributed by atoms with Gasteiger partial charge in [0.1, 0.15) is 0 Å². The molecule has 0 aromatic heterocycles. The van der Waals surface area contributed by atoms with E-state index in [-0.39, 0.29) is 22.2 Å². The SMILES string of the molecule is NC(=O)c1ccccc1.O=C(O)c1cc(Cl)ccc1NCC(F)F. The number of halogens is 3. The number of primary amides is 1. The van der Waals surface area contributed by atoms with Crippen LogP contribution in [0.4, 0.5) is 14.5 Å². The molecule has 2 aromatic rings. The average Bonchev–Trinajstić information content (AvgIpc) is 2.54. The van der Waals surface area contributed by atoms with Crippen LogP contribution in [0, 0.1) is 0 Å². The Morgan fingerprint density at radius 2 is 1.79 bits per heavy atom. The summed E-state index contributed by atoms with van der Waals surface area (Å²) in [5.74, 6) is -1.59. The maximum atomic E-state index is 11.9. The smallest absolute Gasteiger partial charge is 0.337 e. The van der Waals surface area contributed by atoms with Crippen molar-refractivity contribution in [2.75, 3.05) is 11.9 Å². The van der Waals surface area contributed by atoms with E-state index < -0.39 is 18.9 Å². The van der Waals surface area contributed by atoms with Crippen LogP contribution < -0.4 is 11.1 Å². The maximum Gasteiger partial charge on any atom is 0.337 e. The summed E-state index contributed by atoms with van der Waals surface area (Å²) in [5.41, 5.74) is 5.54. The molecule has 0 fully saturated rings. The number of carbonyl (C=O) groups excluding carboxylic acids is 1. The Balaban J connectivity index is 0.000000272. The van der Waals surface area contributed by atoms with Crippen LogP contribution in [-0.4, -0.2) is 30.0 Å². The topological polar surface area (TPSA) is 92.4 Å². The number of aromatic carboxylic acids is 1. The fraction of sp³-hybridized carbons (Fsp3) is 0.125. The number of nitrogens with one attached hydrogen (secondary N) is 1. The Morgan fingerprint density at radius 1 is 1.17 bits per heavy atom. The lowest BCUT2D eigenvalue weighted by Gasteiger charge is -2.08. The number of alkyl halides is 2. The summed E-state index contributed by atoms with van der Waals surface area (Å²) in [5, 5.41) is 11.3. The summed E-state index contributed by atoms with van der Waals surface area (Å²) in [6, 6.07) is 12.8. The number of amides is 1. The van der Waals surface area contributed by atoms with E-state index in [0.29, 0.717) is 5.56 Å². The molecule has 8 heteroatoms. The van der Waals surface area contributed by atoms with Gasteiger partial charge in [0.05, 0.1) is 12.1 Å². The van der Waals surface area contributed by atoms with Crippen LogP contribution in [0.2, 0.25) is 5.02 Å². The number of hydrogen-bond donors (Lipinski definition) is 3. The highest BCUT2D eigenvalue weighted by molar-refractivity contribution is 6.31. The molecule has 0 heterocycles. The first-order chi connectivity index (χ1) is 11.3. The highest BCUT2D eigenvalue weighted by Crippen LogP contribution is 2.20. The van der Waals surface area contributed by atoms with Crippen molar-refractivity contribution in [3.8, 4) is 0 Å². The molecule has 0 unspecified atom stereocenters. The largest absolute Gasteiger partial charge is 0.478 e. The van der Waals surface area contributed by atoms with Crippen molar-refractivity contribution in [2.45, 2.75) is 6.43 Å². The van der Waals surface area contributed by atoms with Crippen LogP contribution in [0.5, 0.6) is 0 Å². The first kappa shape index (κ1) is 19.4. The second kappa shape index (κ2) is 9.46. The molecule has 2 rings (SSSR count). The monoisotopic (exact) mass is 356 g/mol. The Morgan fingerprint density at radius 3 is 2.25 bits per heavy atom. The Labute approximate surface area is 142 Å². The zero-order valence-corrected chi connectivity index (χ0v) is 13.1. The molecule has 1 amide bonds. The van der Waals surface area contributed by atoms with Crippen molar-refractivity contribution in [2.24, 2.45) is 5.73 Å². The van der Waals surface area contributed by atoms with Crippen LogP contribution in [0.25, 0.3) is 0 Å². The van der Waals surface area contributed by atoms with Crippen LogP contribution in [0.1, 0.15) is 20.7 Å². The summed E-state index contributed by atoms with van der Waals surface area (Å²) in [6.45, 7) is -0.595. The van der Waals surface area contributed by atoms with Gasteiger partial charge in [0.25, 0.3) is 6.43 Å². The van der Waals surface area contributed by atoms with Crippen molar-refractivity contribution in [1.82, 2.24) is 0 Å². The van der Waals surface area contributed by atoms with Crippen LogP contribution >= 0.6 is 11.6 Å². The van der Waals surface area contributed by atoms with Gasteiger partial charge in [-0.2, -0.15) is 0 Å². The molecule has 128 valence electrons. The van der Waals surface area contributed by atoms with Gasteiger partial charge in [0, 0.05) is 16.3 Å². The fourth-order valence-electron chi connectivity index (χ4n) is 1.64. The highest BCUT2D eigenvalue weighted by atomic mass is 35.5. The molecule has 24 heavy (non-hydrogen) atoms. The number of anilines is 1. The average molecular weight is 357 g/mol. The highest BCUT2D eigenvalue weighted by Gasteiger charge is 2.11. The Kier molecular flexibility index (Phi) is 7.64. The van der Waals surface area contributed by atoms with Crippen molar-refractivity contribution >= 4 is 29.2 Å². The number of hydrogen-bond acceptors (Lipinski definition) is 3. The minimum Gasteiger partial charge on any atom is -0.478 e. The molecular formula is C16H15ClF2N2O3. The van der Waals surface area contributed by atoms with E-state index >= 15 is 0 Å². The first-order valence-electron chi connectivity index (χ1n) is 6.71. The van der Waals surface area contributed by atoms with Gasteiger partial charge >= 0.3 is 5.97 Å². The normalized spacial score (nSPS) is 9.83. The number of rotatable bonds is 5. The molecular weight excluding hydrogens is 342 g/mol. The van der Waals surface area contributed by atoms with Gasteiger partial charge in [-0.1, -0.05) is 29.8 Å². The number of benzene rings is 2. The standard InChI is InChI=1S/C9H8ClF2NO2.C7H7NO/c10-5-1-2-7(13-4-8(11)12)6(3-5)9(14)15;8-7(9)6-4-2-1-3-5-6/h1-3,8,13H,4H2,(H,14,15);1-5H,(H2,8,9). The minimum absolute atomic E-state index is 0.122. The predicted molar refractivity (Wildman–Crippen MR) is 87.9 cm³/mol. The molecule has 0 saturated heterocycles. The van der Waals surface area contributed by atoms with Gasteiger partial charge in [0.2, 0.25) is 5.91 Å². The van der Waals surface area contributed by atoms with Gasteiger partial charge in [-0.05, 0) is 30.3 Å². The fourth-order valence-corrected chi connectivity index (χ4v) is 1.81. The third-order valence-corrected chi connectivity index (χ3v) is 2.95. The van der Waals surface area contributed by atoms with Crippen molar-refractivity contribution in [1.29, 1.82) is 0 Å². The molecule has 0 spiro atoms. The van der Waals surface area contributed by atoms with Gasteiger partial charge in [-0.25, -0.2) is 13.6 Å².